The van der Waals surface area contributed by atoms with E-state index in [0.29, 0.717) is 52.1 Å². The first kappa shape index (κ1) is 30.3. The van der Waals surface area contributed by atoms with Crippen molar-refractivity contribution in [3.8, 4) is 11.5 Å². The standard InChI is InChI=1S/C30H36N6O6S2/c1-35-17-29(15-25-31-9-10-32-25,43-23-7-5-19(39-3)13-21(23)35)41-27(37)28(38)42-30(16-26-33-11-12-34-26)18-36(2)22-14-20(40-4)6-8-24(22)44-30/h5-8,13-14H,9-12,15-18H2,1-4H3,(H,31,32)(H,33,34). The first-order valence-corrected chi connectivity index (χ1v) is 16.0. The number of ether oxygens (including phenoxy) is 4. The molecule has 2 aromatic rings. The van der Waals surface area contributed by atoms with E-state index in [4.69, 9.17) is 18.9 Å². The molecule has 44 heavy (non-hydrogen) atoms. The zero-order valence-electron chi connectivity index (χ0n) is 25.2. The fourth-order valence-electron chi connectivity index (χ4n) is 5.80. The lowest BCUT2D eigenvalue weighted by Crippen LogP contribution is -2.51. The molecule has 0 aromatic heterocycles. The van der Waals surface area contributed by atoms with Gasteiger partial charge in [-0.3, -0.25) is 9.98 Å². The maximum atomic E-state index is 13.7. The van der Waals surface area contributed by atoms with Crippen LogP contribution in [0.2, 0.25) is 0 Å². The summed E-state index contributed by atoms with van der Waals surface area (Å²) < 4.78 is 23.1. The molecule has 4 heterocycles. The minimum atomic E-state index is -1.12. The van der Waals surface area contributed by atoms with Crippen molar-refractivity contribution in [2.24, 2.45) is 9.98 Å². The number of methoxy groups -OCH3 is 2. The van der Waals surface area contributed by atoms with Crippen LogP contribution < -0.4 is 29.9 Å². The van der Waals surface area contributed by atoms with Gasteiger partial charge in [-0.2, -0.15) is 0 Å². The van der Waals surface area contributed by atoms with E-state index >= 15 is 0 Å². The zero-order valence-corrected chi connectivity index (χ0v) is 26.8. The van der Waals surface area contributed by atoms with Crippen LogP contribution in [-0.2, 0) is 19.1 Å². The van der Waals surface area contributed by atoms with Crippen LogP contribution in [0.3, 0.4) is 0 Å². The number of hydrogen-bond acceptors (Lipinski definition) is 14. The second-order valence-electron chi connectivity index (χ2n) is 11.0. The van der Waals surface area contributed by atoms with Gasteiger partial charge in [0.15, 0.2) is 9.87 Å². The number of hydrogen-bond donors (Lipinski definition) is 2. The van der Waals surface area contributed by atoms with Crippen molar-refractivity contribution in [3.05, 3.63) is 36.4 Å². The van der Waals surface area contributed by atoms with Crippen LogP contribution in [0.5, 0.6) is 11.5 Å². The van der Waals surface area contributed by atoms with E-state index in [1.165, 1.54) is 23.5 Å². The number of carbonyl (C=O) groups is 2. The maximum Gasteiger partial charge on any atom is 0.419 e. The molecule has 4 aliphatic heterocycles. The van der Waals surface area contributed by atoms with Crippen LogP contribution in [0.4, 0.5) is 11.4 Å². The van der Waals surface area contributed by atoms with Crippen molar-refractivity contribution in [3.63, 3.8) is 0 Å². The average Bonchev–Trinajstić information content (AvgIpc) is 3.71. The van der Waals surface area contributed by atoms with E-state index in [9.17, 15) is 9.59 Å². The molecule has 0 saturated heterocycles. The Hall–Kier alpha value is -3.78. The highest BCUT2D eigenvalue weighted by molar-refractivity contribution is 8.01. The SMILES string of the molecule is COc1ccc2c(c1)N(C)CC(CC1=NCCN1)(OC(=O)C(=O)OC1(CC3=NCCN3)CN(C)c3cc(OC)ccc3S1)S2. The molecular formula is C30H36N6O6S2. The summed E-state index contributed by atoms with van der Waals surface area (Å²) in [5.41, 5.74) is 1.90. The van der Waals surface area contributed by atoms with Gasteiger partial charge in [-0.15, -0.1) is 0 Å². The van der Waals surface area contributed by atoms with Crippen molar-refractivity contribution < 1.29 is 28.5 Å². The van der Waals surface area contributed by atoms with Gasteiger partial charge in [0.05, 0.1) is 64.6 Å². The van der Waals surface area contributed by atoms with E-state index in [1.807, 2.05) is 60.3 Å². The smallest absolute Gasteiger partial charge is 0.419 e. The van der Waals surface area contributed by atoms with E-state index in [-0.39, 0.29) is 0 Å². The first-order valence-electron chi connectivity index (χ1n) is 14.4. The number of nitrogens with zero attached hydrogens (tertiary/aromatic N) is 4. The molecule has 2 atom stereocenters. The summed E-state index contributed by atoms with van der Waals surface area (Å²) in [7, 11) is 7.10. The van der Waals surface area contributed by atoms with Gasteiger partial charge >= 0.3 is 11.9 Å². The van der Waals surface area contributed by atoms with Crippen LogP contribution >= 0.6 is 23.5 Å². The Bertz CT molecular complexity index is 1410. The number of anilines is 2. The number of fused-ring (bicyclic) bond motifs is 2. The normalized spacial score (nSPS) is 23.8. The zero-order chi connectivity index (χ0) is 30.9. The maximum absolute atomic E-state index is 13.7. The second kappa shape index (κ2) is 12.3. The number of esters is 2. The Kier molecular flexibility index (Phi) is 8.46. The number of carbonyl (C=O) groups excluding carboxylic acids is 2. The lowest BCUT2D eigenvalue weighted by molar-refractivity contribution is -0.176. The van der Waals surface area contributed by atoms with Crippen LogP contribution in [0.25, 0.3) is 0 Å². The van der Waals surface area contributed by atoms with Gasteiger partial charge < -0.3 is 39.4 Å². The van der Waals surface area contributed by atoms with Crippen molar-refractivity contribution in [2.45, 2.75) is 32.5 Å². The van der Waals surface area contributed by atoms with Crippen molar-refractivity contribution in [1.29, 1.82) is 0 Å². The molecule has 0 bridgehead atoms. The third-order valence-corrected chi connectivity index (χ3v) is 10.4. The molecule has 14 heteroatoms. The highest BCUT2D eigenvalue weighted by atomic mass is 32.2. The highest BCUT2D eigenvalue weighted by Gasteiger charge is 2.48. The number of amidine groups is 2. The summed E-state index contributed by atoms with van der Waals surface area (Å²) in [6.07, 6.45) is 0.621. The summed E-state index contributed by atoms with van der Waals surface area (Å²) in [4.78, 5) is 40.0. The minimum Gasteiger partial charge on any atom is -0.497 e. The number of nitrogens with one attached hydrogen (secondary N) is 2. The van der Waals surface area contributed by atoms with Gasteiger partial charge in [-0.25, -0.2) is 9.59 Å². The molecule has 0 aliphatic carbocycles. The molecule has 0 radical (unpaired) electrons. The Morgan fingerprint density at radius 2 is 1.20 bits per heavy atom. The number of aliphatic imine (C=N–C) groups is 2. The molecule has 4 aliphatic rings. The average molecular weight is 641 g/mol. The molecule has 2 N–H and O–H groups in total. The lowest BCUT2D eigenvalue weighted by atomic mass is 10.1. The molecule has 0 fully saturated rings. The molecule has 0 amide bonds. The van der Waals surface area contributed by atoms with E-state index < -0.39 is 21.8 Å². The van der Waals surface area contributed by atoms with E-state index in [0.717, 1.165) is 44.3 Å². The van der Waals surface area contributed by atoms with Gasteiger partial charge in [0.1, 0.15) is 23.2 Å². The second-order valence-corrected chi connectivity index (χ2v) is 13.8. The molecule has 2 unspecified atom stereocenters. The van der Waals surface area contributed by atoms with Crippen LogP contribution in [0.15, 0.2) is 56.2 Å². The molecular weight excluding hydrogens is 605 g/mol. The van der Waals surface area contributed by atoms with Gasteiger partial charge in [0, 0.05) is 49.1 Å². The fourth-order valence-corrected chi connectivity index (χ4v) is 8.68. The predicted molar refractivity (Wildman–Crippen MR) is 172 cm³/mol. The Morgan fingerprint density at radius 3 is 1.57 bits per heavy atom. The molecule has 12 nitrogen and oxygen atoms in total. The number of benzene rings is 2. The van der Waals surface area contributed by atoms with Crippen molar-refractivity contribution in [2.75, 3.05) is 77.4 Å². The van der Waals surface area contributed by atoms with Gasteiger partial charge in [0.2, 0.25) is 0 Å². The topological polar surface area (TPSA) is 126 Å². The number of thioether (sulfide) groups is 2. The molecule has 234 valence electrons. The summed E-state index contributed by atoms with van der Waals surface area (Å²) in [6, 6.07) is 11.5. The third-order valence-electron chi connectivity index (χ3n) is 7.79. The minimum absolute atomic E-state index is 0.311. The summed E-state index contributed by atoms with van der Waals surface area (Å²) in [5, 5.41) is 6.55. The molecule has 6 rings (SSSR count). The Balaban J connectivity index is 1.26. The summed E-state index contributed by atoms with van der Waals surface area (Å²) in [5.74, 6) is 0.835. The van der Waals surface area contributed by atoms with Gasteiger partial charge in [-0.1, -0.05) is 23.5 Å². The number of likely N-dealkylation sites (N-methyl/N-ethyl adjacent to an activating group) is 2. The van der Waals surface area contributed by atoms with Crippen molar-refractivity contribution >= 4 is 58.5 Å². The van der Waals surface area contributed by atoms with E-state index in [1.54, 1.807) is 14.2 Å². The van der Waals surface area contributed by atoms with Gasteiger partial charge in [0.25, 0.3) is 0 Å². The third kappa shape index (κ3) is 6.23. The van der Waals surface area contributed by atoms with Crippen LogP contribution in [0.1, 0.15) is 12.8 Å². The van der Waals surface area contributed by atoms with Crippen molar-refractivity contribution in [1.82, 2.24) is 10.6 Å². The molecule has 0 spiro atoms. The predicted octanol–water partition coefficient (Wildman–Crippen LogP) is 2.75. The first-order chi connectivity index (χ1) is 21.2. The Labute approximate surface area is 264 Å². The monoisotopic (exact) mass is 640 g/mol. The molecule has 0 saturated carbocycles. The van der Waals surface area contributed by atoms with Crippen LogP contribution in [0, 0.1) is 0 Å². The lowest BCUT2D eigenvalue weighted by Gasteiger charge is -2.43. The summed E-state index contributed by atoms with van der Waals surface area (Å²) in [6.45, 7) is 3.39. The largest absolute Gasteiger partial charge is 0.497 e. The number of rotatable bonds is 8. The fraction of sp³-hybridized carbons (Fsp3) is 0.467. The van der Waals surface area contributed by atoms with Gasteiger partial charge in [-0.05, 0) is 24.3 Å². The molecule has 2 aromatic carbocycles. The summed E-state index contributed by atoms with van der Waals surface area (Å²) >= 11 is 2.81. The van der Waals surface area contributed by atoms with E-state index in [2.05, 4.69) is 20.6 Å². The Morgan fingerprint density at radius 1 is 0.773 bits per heavy atom. The quantitative estimate of drug-likeness (QED) is 0.326. The van der Waals surface area contributed by atoms with Crippen LogP contribution in [-0.4, -0.2) is 101 Å². The highest BCUT2D eigenvalue weighted by Crippen LogP contribution is 2.50.